The molecule has 3 N–H and O–H groups in total. The maximum absolute atomic E-state index is 10.7. The number of nitrogens with two attached hydrogens (primary N) is 1. The van der Waals surface area contributed by atoms with Gasteiger partial charge >= 0.3 is 6.03 Å². The van der Waals surface area contributed by atoms with Crippen LogP contribution in [-0.4, -0.2) is 44.1 Å². The van der Waals surface area contributed by atoms with Gasteiger partial charge in [0.2, 0.25) is 0 Å². The lowest BCUT2D eigenvalue weighted by Gasteiger charge is -2.32. The Labute approximate surface area is 133 Å². The molecule has 0 saturated carbocycles. The lowest BCUT2D eigenvalue weighted by molar-refractivity contribution is 0.248. The minimum atomic E-state index is -0.559. The molecule has 1 fully saturated rings. The summed E-state index contributed by atoms with van der Waals surface area (Å²) >= 11 is 0. The van der Waals surface area contributed by atoms with Crippen molar-refractivity contribution in [2.75, 3.05) is 18.0 Å². The first kappa shape index (κ1) is 15.2. The number of anilines is 1. The van der Waals surface area contributed by atoms with E-state index in [4.69, 9.17) is 5.73 Å². The normalized spacial score (nSPS) is 15.6. The average molecular weight is 316 g/mol. The van der Waals surface area contributed by atoms with Gasteiger partial charge < -0.3 is 16.0 Å². The highest BCUT2D eigenvalue weighted by molar-refractivity contribution is 5.71. The molecule has 0 aromatic carbocycles. The summed E-state index contributed by atoms with van der Waals surface area (Å²) in [7, 11) is 0. The van der Waals surface area contributed by atoms with E-state index in [1.807, 2.05) is 10.9 Å². The standard InChI is InChI=1S/C14H20N8O/c15-14(23)18-7-12-10-22(20-19-12)9-11-1-5-21(6-2-11)13-8-16-3-4-17-13/h3-4,8,10-11H,1-2,5-7,9H2,(H3,15,18,23). The fourth-order valence-corrected chi connectivity index (χ4v) is 2.75. The van der Waals surface area contributed by atoms with E-state index >= 15 is 0 Å². The van der Waals surface area contributed by atoms with Gasteiger partial charge in [0, 0.05) is 32.0 Å². The molecule has 1 aliphatic rings. The molecule has 3 heterocycles. The number of nitrogens with zero attached hydrogens (tertiary/aromatic N) is 6. The second-order valence-electron chi connectivity index (χ2n) is 5.64. The minimum Gasteiger partial charge on any atom is -0.355 e. The fraction of sp³-hybridized carbons (Fsp3) is 0.500. The first-order chi connectivity index (χ1) is 11.2. The second-order valence-corrected chi connectivity index (χ2v) is 5.64. The molecular weight excluding hydrogens is 296 g/mol. The molecule has 0 spiro atoms. The molecule has 3 rings (SSSR count). The quantitative estimate of drug-likeness (QED) is 0.811. The van der Waals surface area contributed by atoms with E-state index in [9.17, 15) is 4.79 Å². The minimum absolute atomic E-state index is 0.306. The van der Waals surface area contributed by atoms with Crippen molar-refractivity contribution in [2.24, 2.45) is 11.7 Å². The summed E-state index contributed by atoms with van der Waals surface area (Å²) in [5.41, 5.74) is 5.75. The number of primary amides is 1. The van der Waals surface area contributed by atoms with E-state index in [1.165, 1.54) is 0 Å². The summed E-state index contributed by atoms with van der Waals surface area (Å²) in [6, 6.07) is -0.559. The van der Waals surface area contributed by atoms with Crippen molar-refractivity contribution in [3.05, 3.63) is 30.5 Å². The lowest BCUT2D eigenvalue weighted by Crippen LogP contribution is -2.35. The summed E-state index contributed by atoms with van der Waals surface area (Å²) in [5, 5.41) is 10.6. The molecule has 2 amide bonds. The summed E-state index contributed by atoms with van der Waals surface area (Å²) in [6.45, 7) is 3.07. The monoisotopic (exact) mass is 316 g/mol. The zero-order valence-electron chi connectivity index (χ0n) is 12.8. The lowest BCUT2D eigenvalue weighted by atomic mass is 9.97. The van der Waals surface area contributed by atoms with Crippen LogP contribution in [0.2, 0.25) is 0 Å². The zero-order valence-corrected chi connectivity index (χ0v) is 12.8. The van der Waals surface area contributed by atoms with Crippen molar-refractivity contribution in [3.63, 3.8) is 0 Å². The van der Waals surface area contributed by atoms with E-state index in [2.05, 4.69) is 30.5 Å². The summed E-state index contributed by atoms with van der Waals surface area (Å²) in [6.07, 6.45) is 9.21. The molecule has 1 saturated heterocycles. The van der Waals surface area contributed by atoms with Crippen LogP contribution in [0.4, 0.5) is 10.6 Å². The van der Waals surface area contributed by atoms with Crippen molar-refractivity contribution >= 4 is 11.8 Å². The van der Waals surface area contributed by atoms with Gasteiger partial charge in [-0.2, -0.15) is 0 Å². The maximum atomic E-state index is 10.7. The van der Waals surface area contributed by atoms with Crippen molar-refractivity contribution in [3.8, 4) is 0 Å². The predicted octanol–water partition coefficient (Wildman–Crippen LogP) is 0.153. The SMILES string of the molecule is NC(=O)NCc1cn(CC2CCN(c3cnccn3)CC2)nn1. The summed E-state index contributed by atoms with van der Waals surface area (Å²) in [5.74, 6) is 1.49. The van der Waals surface area contributed by atoms with Crippen molar-refractivity contribution in [2.45, 2.75) is 25.9 Å². The van der Waals surface area contributed by atoms with Crippen LogP contribution >= 0.6 is 0 Å². The largest absolute Gasteiger partial charge is 0.355 e. The third kappa shape index (κ3) is 4.15. The van der Waals surface area contributed by atoms with Crippen LogP contribution in [0.5, 0.6) is 0 Å². The number of hydrogen-bond acceptors (Lipinski definition) is 6. The van der Waals surface area contributed by atoms with Crippen molar-refractivity contribution in [1.82, 2.24) is 30.3 Å². The van der Waals surface area contributed by atoms with Crippen LogP contribution in [0, 0.1) is 5.92 Å². The zero-order chi connectivity index (χ0) is 16.1. The van der Waals surface area contributed by atoms with Gasteiger partial charge in [-0.15, -0.1) is 5.10 Å². The van der Waals surface area contributed by atoms with E-state index in [0.29, 0.717) is 18.2 Å². The molecule has 23 heavy (non-hydrogen) atoms. The van der Waals surface area contributed by atoms with Crippen LogP contribution in [0.1, 0.15) is 18.5 Å². The van der Waals surface area contributed by atoms with Gasteiger partial charge in [0.05, 0.1) is 18.9 Å². The Morgan fingerprint density at radius 3 is 2.87 bits per heavy atom. The summed E-state index contributed by atoms with van der Waals surface area (Å²) < 4.78 is 1.83. The highest BCUT2D eigenvalue weighted by Crippen LogP contribution is 2.22. The molecule has 9 heteroatoms. The fourth-order valence-electron chi connectivity index (χ4n) is 2.75. The highest BCUT2D eigenvalue weighted by Gasteiger charge is 2.21. The van der Waals surface area contributed by atoms with Gasteiger partial charge in [-0.25, -0.2) is 9.78 Å². The van der Waals surface area contributed by atoms with E-state index in [-0.39, 0.29) is 0 Å². The Bertz CT molecular complexity index is 635. The van der Waals surface area contributed by atoms with Gasteiger partial charge in [-0.1, -0.05) is 5.21 Å². The van der Waals surface area contributed by atoms with Gasteiger partial charge in [0.15, 0.2) is 0 Å². The van der Waals surface area contributed by atoms with Gasteiger partial charge in [-0.05, 0) is 18.8 Å². The third-order valence-corrected chi connectivity index (χ3v) is 3.96. The molecule has 2 aromatic heterocycles. The molecular formula is C14H20N8O. The molecule has 0 radical (unpaired) electrons. The Balaban J connectivity index is 1.48. The molecule has 0 unspecified atom stereocenters. The maximum Gasteiger partial charge on any atom is 0.312 e. The number of carbonyl (C=O) groups excluding carboxylic acids is 1. The Morgan fingerprint density at radius 2 is 2.17 bits per heavy atom. The van der Waals surface area contributed by atoms with Gasteiger partial charge in [0.25, 0.3) is 0 Å². The van der Waals surface area contributed by atoms with E-state index < -0.39 is 6.03 Å². The van der Waals surface area contributed by atoms with Crippen molar-refractivity contribution < 1.29 is 4.79 Å². The number of piperidine rings is 1. The van der Waals surface area contributed by atoms with Crippen LogP contribution < -0.4 is 16.0 Å². The first-order valence-electron chi connectivity index (χ1n) is 7.64. The third-order valence-electron chi connectivity index (χ3n) is 3.96. The number of urea groups is 1. The molecule has 0 atom stereocenters. The number of rotatable bonds is 5. The van der Waals surface area contributed by atoms with Crippen LogP contribution in [0.3, 0.4) is 0 Å². The highest BCUT2D eigenvalue weighted by atomic mass is 16.2. The van der Waals surface area contributed by atoms with Gasteiger partial charge in [-0.3, -0.25) is 9.67 Å². The van der Waals surface area contributed by atoms with Crippen LogP contribution in [0.25, 0.3) is 0 Å². The van der Waals surface area contributed by atoms with E-state index in [0.717, 1.165) is 38.3 Å². The molecule has 0 aliphatic carbocycles. The van der Waals surface area contributed by atoms with Crippen LogP contribution in [-0.2, 0) is 13.1 Å². The molecule has 122 valence electrons. The topological polar surface area (TPSA) is 115 Å². The Hall–Kier alpha value is -2.71. The average Bonchev–Trinajstić information content (AvgIpc) is 3.02. The number of aromatic nitrogens is 5. The van der Waals surface area contributed by atoms with Crippen molar-refractivity contribution in [1.29, 1.82) is 0 Å². The summed E-state index contributed by atoms with van der Waals surface area (Å²) in [4.78, 5) is 21.4. The van der Waals surface area contributed by atoms with Crippen LogP contribution in [0.15, 0.2) is 24.8 Å². The predicted molar refractivity (Wildman–Crippen MR) is 83.4 cm³/mol. The first-order valence-corrected chi connectivity index (χ1v) is 7.64. The number of nitrogens with one attached hydrogen (secondary N) is 1. The molecule has 0 bridgehead atoms. The van der Waals surface area contributed by atoms with Gasteiger partial charge in [0.1, 0.15) is 11.5 Å². The molecule has 9 nitrogen and oxygen atoms in total. The van der Waals surface area contributed by atoms with E-state index in [1.54, 1.807) is 18.6 Å². The Kier molecular flexibility index (Phi) is 4.65. The number of amides is 2. The smallest absolute Gasteiger partial charge is 0.312 e. The number of hydrogen-bond donors (Lipinski definition) is 2. The molecule has 2 aromatic rings. The Morgan fingerprint density at radius 1 is 1.35 bits per heavy atom. The molecule has 1 aliphatic heterocycles. The number of carbonyl (C=O) groups is 1. The second kappa shape index (κ2) is 7.03.